The lowest BCUT2D eigenvalue weighted by Crippen LogP contribution is -2.38. The van der Waals surface area contributed by atoms with Crippen molar-refractivity contribution in [3.63, 3.8) is 0 Å². The summed E-state index contributed by atoms with van der Waals surface area (Å²) < 4.78 is 33.5. The van der Waals surface area contributed by atoms with Crippen LogP contribution >= 0.6 is 0 Å². The Hall–Kier alpha value is -2.19. The first-order chi connectivity index (χ1) is 14.8. The molecule has 0 bridgehead atoms. The number of aryl methyl sites for hydroxylation is 1. The fraction of sp³-hybridized carbons (Fsp3) is 0.565. The number of nitrogens with zero attached hydrogens (tertiary/aromatic N) is 3. The summed E-state index contributed by atoms with van der Waals surface area (Å²) in [4.78, 5) is 19.4. The minimum Gasteiger partial charge on any atom is -0.445 e. The number of hydrogen-bond donors (Lipinski definition) is 0. The monoisotopic (exact) mass is 445 g/mol. The summed E-state index contributed by atoms with van der Waals surface area (Å²) >= 11 is 0. The van der Waals surface area contributed by atoms with Crippen molar-refractivity contribution in [3.05, 3.63) is 47.2 Å². The summed E-state index contributed by atoms with van der Waals surface area (Å²) in [6.07, 6.45) is 3.31. The number of aromatic nitrogens is 1. The molecule has 8 heteroatoms. The van der Waals surface area contributed by atoms with E-state index in [1.165, 1.54) is 0 Å². The Balaban J connectivity index is 1.42. The summed E-state index contributed by atoms with van der Waals surface area (Å²) in [7, 11) is -3.52. The van der Waals surface area contributed by atoms with E-state index in [9.17, 15) is 13.2 Å². The second-order valence-corrected chi connectivity index (χ2v) is 10.8. The van der Waals surface area contributed by atoms with E-state index in [4.69, 9.17) is 4.42 Å². The van der Waals surface area contributed by atoms with Gasteiger partial charge in [0.2, 0.25) is 10.0 Å². The molecule has 0 spiro atoms. The fourth-order valence-corrected chi connectivity index (χ4v) is 5.85. The van der Waals surface area contributed by atoms with Crippen LogP contribution in [0.4, 0.5) is 0 Å². The molecule has 0 unspecified atom stereocenters. The van der Waals surface area contributed by atoms with E-state index in [0.717, 1.165) is 31.5 Å². The maximum absolute atomic E-state index is 13.0. The number of benzene rings is 1. The number of sulfonamides is 1. The van der Waals surface area contributed by atoms with Crippen LogP contribution in [0.3, 0.4) is 0 Å². The van der Waals surface area contributed by atoms with Gasteiger partial charge < -0.3 is 9.32 Å². The molecule has 3 heterocycles. The van der Waals surface area contributed by atoms with Crippen molar-refractivity contribution in [3.8, 4) is 0 Å². The minimum absolute atomic E-state index is 0.0218. The third-order valence-corrected chi connectivity index (χ3v) is 8.31. The molecule has 2 aromatic rings. The number of carbonyl (C=O) groups is 1. The highest BCUT2D eigenvalue weighted by Gasteiger charge is 2.33. The lowest BCUT2D eigenvalue weighted by Gasteiger charge is -2.29. The van der Waals surface area contributed by atoms with E-state index < -0.39 is 10.0 Å². The van der Waals surface area contributed by atoms with Gasteiger partial charge in [-0.05, 0) is 56.2 Å². The number of rotatable bonds is 5. The average Bonchev–Trinajstić information content (AvgIpc) is 3.43. The Morgan fingerprint density at radius 3 is 2.26 bits per heavy atom. The summed E-state index contributed by atoms with van der Waals surface area (Å²) in [5, 5.41) is 0. The van der Waals surface area contributed by atoms with Gasteiger partial charge >= 0.3 is 0 Å². The Morgan fingerprint density at radius 1 is 1.06 bits per heavy atom. The van der Waals surface area contributed by atoms with Crippen LogP contribution in [-0.2, 0) is 10.0 Å². The standard InChI is InChI=1S/C23H31N3O4S/c1-16(2)18-6-8-20(9-7-18)31(28,29)26-14-10-19(11-15-26)22-24-21(17(3)30-22)23(27)25-12-4-5-13-25/h6-9,16,19H,4-5,10-15H2,1-3H3. The summed E-state index contributed by atoms with van der Waals surface area (Å²) in [6.45, 7) is 8.32. The lowest BCUT2D eigenvalue weighted by atomic mass is 9.98. The fourth-order valence-electron chi connectivity index (χ4n) is 4.38. The summed E-state index contributed by atoms with van der Waals surface area (Å²) in [5.74, 6) is 1.42. The van der Waals surface area contributed by atoms with E-state index in [1.807, 2.05) is 17.0 Å². The van der Waals surface area contributed by atoms with Crippen LogP contribution < -0.4 is 0 Å². The van der Waals surface area contributed by atoms with Gasteiger partial charge in [-0.25, -0.2) is 13.4 Å². The number of amides is 1. The zero-order valence-corrected chi connectivity index (χ0v) is 19.3. The van der Waals surface area contributed by atoms with Gasteiger partial charge in [0.1, 0.15) is 5.76 Å². The first-order valence-corrected chi connectivity index (χ1v) is 12.6. The number of piperidine rings is 1. The van der Waals surface area contributed by atoms with Crippen molar-refractivity contribution in [2.45, 2.75) is 63.2 Å². The van der Waals surface area contributed by atoms with Gasteiger partial charge in [0.05, 0.1) is 4.90 Å². The van der Waals surface area contributed by atoms with Crippen LogP contribution in [0.1, 0.15) is 79.1 Å². The highest BCUT2D eigenvalue weighted by atomic mass is 32.2. The van der Waals surface area contributed by atoms with Crippen molar-refractivity contribution >= 4 is 15.9 Å². The molecule has 2 fully saturated rings. The highest BCUT2D eigenvalue weighted by molar-refractivity contribution is 7.89. The molecule has 31 heavy (non-hydrogen) atoms. The van der Waals surface area contributed by atoms with E-state index in [1.54, 1.807) is 23.4 Å². The largest absolute Gasteiger partial charge is 0.445 e. The number of oxazole rings is 1. The van der Waals surface area contributed by atoms with Crippen LogP contribution in [0, 0.1) is 6.92 Å². The Kier molecular flexibility index (Phi) is 6.21. The van der Waals surface area contributed by atoms with Crippen molar-refractivity contribution in [2.75, 3.05) is 26.2 Å². The third kappa shape index (κ3) is 4.41. The molecule has 1 aromatic carbocycles. The minimum atomic E-state index is -3.52. The molecule has 2 aliphatic heterocycles. The molecule has 0 N–H and O–H groups in total. The molecular formula is C23H31N3O4S. The van der Waals surface area contributed by atoms with Crippen LogP contribution in [-0.4, -0.2) is 54.7 Å². The van der Waals surface area contributed by atoms with Crippen molar-refractivity contribution in [2.24, 2.45) is 0 Å². The third-order valence-electron chi connectivity index (χ3n) is 6.40. The van der Waals surface area contributed by atoms with Gasteiger partial charge in [-0.2, -0.15) is 4.31 Å². The molecule has 2 saturated heterocycles. The quantitative estimate of drug-likeness (QED) is 0.697. The lowest BCUT2D eigenvalue weighted by molar-refractivity contribution is 0.0786. The zero-order chi connectivity index (χ0) is 22.2. The molecule has 4 rings (SSSR count). The van der Waals surface area contributed by atoms with E-state index in [0.29, 0.717) is 54.1 Å². The summed E-state index contributed by atoms with van der Waals surface area (Å²) in [5.41, 5.74) is 1.52. The van der Waals surface area contributed by atoms with Gasteiger partial charge in [-0.1, -0.05) is 26.0 Å². The molecule has 0 saturated carbocycles. The Morgan fingerprint density at radius 2 is 1.68 bits per heavy atom. The molecule has 168 valence electrons. The predicted octanol–water partition coefficient (Wildman–Crippen LogP) is 3.91. The van der Waals surface area contributed by atoms with Gasteiger partial charge in [0, 0.05) is 32.1 Å². The molecule has 2 aliphatic rings. The smallest absolute Gasteiger partial charge is 0.276 e. The first-order valence-electron chi connectivity index (χ1n) is 11.1. The second-order valence-electron chi connectivity index (χ2n) is 8.86. The van der Waals surface area contributed by atoms with Gasteiger partial charge in [0.15, 0.2) is 11.6 Å². The number of likely N-dealkylation sites (tertiary alicyclic amines) is 1. The van der Waals surface area contributed by atoms with Crippen molar-refractivity contribution in [1.82, 2.24) is 14.2 Å². The van der Waals surface area contributed by atoms with Gasteiger partial charge in [-0.15, -0.1) is 0 Å². The molecule has 1 amide bonds. The Bertz CT molecular complexity index is 1030. The van der Waals surface area contributed by atoms with E-state index >= 15 is 0 Å². The van der Waals surface area contributed by atoms with Crippen molar-refractivity contribution in [1.29, 1.82) is 0 Å². The van der Waals surface area contributed by atoms with Crippen LogP contribution in [0.25, 0.3) is 0 Å². The van der Waals surface area contributed by atoms with Crippen LogP contribution in [0.5, 0.6) is 0 Å². The second kappa shape index (κ2) is 8.74. The van der Waals surface area contributed by atoms with Crippen molar-refractivity contribution < 1.29 is 17.6 Å². The molecule has 7 nitrogen and oxygen atoms in total. The Labute approximate surface area is 184 Å². The van der Waals surface area contributed by atoms with Gasteiger partial charge in [-0.3, -0.25) is 4.79 Å². The summed E-state index contributed by atoms with van der Waals surface area (Å²) in [6, 6.07) is 7.17. The number of carbonyl (C=O) groups excluding carboxylic acids is 1. The topological polar surface area (TPSA) is 83.7 Å². The maximum Gasteiger partial charge on any atom is 0.276 e. The van der Waals surface area contributed by atoms with Crippen LogP contribution in [0.2, 0.25) is 0 Å². The number of hydrogen-bond acceptors (Lipinski definition) is 5. The molecule has 0 atom stereocenters. The van der Waals surface area contributed by atoms with E-state index in [2.05, 4.69) is 18.8 Å². The zero-order valence-electron chi connectivity index (χ0n) is 18.5. The average molecular weight is 446 g/mol. The molecule has 1 aromatic heterocycles. The maximum atomic E-state index is 13.0. The van der Waals surface area contributed by atoms with Gasteiger partial charge in [0.25, 0.3) is 5.91 Å². The van der Waals surface area contributed by atoms with E-state index in [-0.39, 0.29) is 11.8 Å². The normalized spacial score (nSPS) is 18.8. The molecule has 0 aliphatic carbocycles. The molecule has 0 radical (unpaired) electrons. The predicted molar refractivity (Wildman–Crippen MR) is 118 cm³/mol. The first kappa shape index (κ1) is 22.0. The highest BCUT2D eigenvalue weighted by Crippen LogP contribution is 2.32. The SMILES string of the molecule is Cc1oc(C2CCN(S(=O)(=O)c3ccc(C(C)C)cc3)CC2)nc1C(=O)N1CCCC1. The molecular weight excluding hydrogens is 414 g/mol. The van der Waals surface area contributed by atoms with Crippen LogP contribution in [0.15, 0.2) is 33.6 Å².